The molecule has 2 aliphatic rings. The summed E-state index contributed by atoms with van der Waals surface area (Å²) in [7, 11) is 0. The monoisotopic (exact) mass is 418 g/mol. The molecule has 0 unspecified atom stereocenters. The van der Waals surface area contributed by atoms with E-state index in [0.717, 1.165) is 64.3 Å². The predicted octanol–water partition coefficient (Wildman–Crippen LogP) is 1.41. The van der Waals surface area contributed by atoms with E-state index in [1.54, 1.807) is 0 Å². The molecule has 158 valence electrons. The van der Waals surface area contributed by atoms with Gasteiger partial charge in [0.25, 0.3) is 0 Å². The van der Waals surface area contributed by atoms with Crippen LogP contribution in [0.4, 0.5) is 11.9 Å². The molecule has 4 rings (SSSR count). The molecule has 0 radical (unpaired) electrons. The Hall–Kier alpha value is -2.03. The molecule has 29 heavy (non-hydrogen) atoms. The number of hydrogen-bond donors (Lipinski definition) is 0. The molecule has 2 aliphatic heterocycles. The molecular weight excluding hydrogens is 388 g/mol. The topological polar surface area (TPSA) is 64.5 Å². The van der Waals surface area contributed by atoms with E-state index in [0.29, 0.717) is 0 Å². The number of rotatable bonds is 7. The van der Waals surface area contributed by atoms with Crippen LogP contribution in [0.15, 0.2) is 36.9 Å². The third-order valence-electron chi connectivity index (χ3n) is 5.61. The number of hydrogen-bond acceptors (Lipinski definition) is 8. The van der Waals surface area contributed by atoms with Crippen LogP contribution in [0.1, 0.15) is 12.8 Å². The van der Waals surface area contributed by atoms with Crippen molar-refractivity contribution in [2.24, 2.45) is 0 Å². The average molecular weight is 419 g/mol. The van der Waals surface area contributed by atoms with Crippen LogP contribution in [0.2, 0.25) is 0 Å². The van der Waals surface area contributed by atoms with Crippen LogP contribution in [-0.2, 0) is 0 Å². The zero-order valence-electron chi connectivity index (χ0n) is 16.9. The van der Waals surface area contributed by atoms with Gasteiger partial charge in [-0.3, -0.25) is 9.80 Å². The summed E-state index contributed by atoms with van der Waals surface area (Å²) in [4.78, 5) is 27.2. The maximum absolute atomic E-state index is 4.36. The summed E-state index contributed by atoms with van der Waals surface area (Å²) in [5.74, 6) is 1.73. The van der Waals surface area contributed by atoms with Crippen molar-refractivity contribution in [1.82, 2.24) is 29.7 Å². The molecule has 0 atom stereocenters. The van der Waals surface area contributed by atoms with Crippen LogP contribution in [0.25, 0.3) is 0 Å². The van der Waals surface area contributed by atoms with E-state index in [1.165, 1.54) is 25.9 Å². The molecular formula is C20H31ClN8. The van der Waals surface area contributed by atoms with Crippen molar-refractivity contribution >= 4 is 24.3 Å². The Bertz CT molecular complexity index is 627. The van der Waals surface area contributed by atoms with Gasteiger partial charge in [-0.2, -0.15) is 0 Å². The van der Waals surface area contributed by atoms with Crippen molar-refractivity contribution in [3.63, 3.8) is 0 Å². The minimum absolute atomic E-state index is 0. The van der Waals surface area contributed by atoms with Gasteiger partial charge < -0.3 is 9.80 Å². The van der Waals surface area contributed by atoms with Crippen LogP contribution in [0.5, 0.6) is 0 Å². The Morgan fingerprint density at radius 2 is 0.897 bits per heavy atom. The normalized spacial score (nSPS) is 18.5. The molecule has 2 aromatic heterocycles. The van der Waals surface area contributed by atoms with Gasteiger partial charge in [-0.15, -0.1) is 12.4 Å². The average Bonchev–Trinajstić information content (AvgIpc) is 2.79. The van der Waals surface area contributed by atoms with Crippen LogP contribution in [-0.4, -0.2) is 95.2 Å². The van der Waals surface area contributed by atoms with Gasteiger partial charge in [-0.1, -0.05) is 0 Å². The van der Waals surface area contributed by atoms with Crippen molar-refractivity contribution < 1.29 is 0 Å². The van der Waals surface area contributed by atoms with Gasteiger partial charge in [0.2, 0.25) is 11.9 Å². The summed E-state index contributed by atoms with van der Waals surface area (Å²) in [6, 6.07) is 3.74. The highest BCUT2D eigenvalue weighted by Gasteiger charge is 2.20. The Kier molecular flexibility index (Phi) is 8.39. The molecule has 2 aromatic rings. The van der Waals surface area contributed by atoms with Crippen molar-refractivity contribution in [3.8, 4) is 0 Å². The number of unbranched alkanes of at least 4 members (excludes halogenated alkanes) is 1. The molecule has 0 saturated carbocycles. The summed E-state index contributed by atoms with van der Waals surface area (Å²) in [5, 5.41) is 0. The first kappa shape index (κ1) is 21.7. The van der Waals surface area contributed by atoms with Crippen LogP contribution >= 0.6 is 12.4 Å². The second kappa shape index (κ2) is 11.2. The molecule has 2 saturated heterocycles. The summed E-state index contributed by atoms with van der Waals surface area (Å²) in [5.41, 5.74) is 0. The van der Waals surface area contributed by atoms with Crippen molar-refractivity contribution in [2.45, 2.75) is 12.8 Å². The summed E-state index contributed by atoms with van der Waals surface area (Å²) in [6.07, 6.45) is 9.82. The third kappa shape index (κ3) is 6.22. The van der Waals surface area contributed by atoms with Gasteiger partial charge >= 0.3 is 0 Å². The standard InChI is InChI=1S/C20H30N8.ClH/c1(9-25-11-15-27(16-12-25)19-21-5-3-6-22-19)2-10-26-13-17-28(18-14-26)20-23-7-4-8-24-20;/h3-8H,1-2,9-18H2;1H. The lowest BCUT2D eigenvalue weighted by molar-refractivity contribution is 0.226. The molecule has 4 heterocycles. The van der Waals surface area contributed by atoms with Gasteiger partial charge in [0.15, 0.2) is 0 Å². The molecule has 0 bridgehead atoms. The number of nitrogens with zero attached hydrogens (tertiary/aromatic N) is 8. The molecule has 2 fully saturated rings. The third-order valence-corrected chi connectivity index (χ3v) is 5.61. The van der Waals surface area contributed by atoms with Crippen molar-refractivity contribution in [1.29, 1.82) is 0 Å². The molecule has 8 nitrogen and oxygen atoms in total. The molecule has 9 heteroatoms. The van der Waals surface area contributed by atoms with Gasteiger partial charge in [-0.05, 0) is 38.1 Å². The molecule has 0 spiro atoms. The second-order valence-corrected chi connectivity index (χ2v) is 7.46. The van der Waals surface area contributed by atoms with E-state index in [-0.39, 0.29) is 12.4 Å². The maximum atomic E-state index is 4.36. The summed E-state index contributed by atoms with van der Waals surface area (Å²) in [6.45, 7) is 10.9. The minimum Gasteiger partial charge on any atom is -0.338 e. The van der Waals surface area contributed by atoms with Crippen LogP contribution in [0.3, 0.4) is 0 Å². The largest absolute Gasteiger partial charge is 0.338 e. The lowest BCUT2D eigenvalue weighted by Crippen LogP contribution is -2.48. The number of aromatic nitrogens is 4. The number of piperazine rings is 2. The summed E-state index contributed by atoms with van der Waals surface area (Å²) < 4.78 is 0. The Morgan fingerprint density at radius 1 is 0.552 bits per heavy atom. The van der Waals surface area contributed by atoms with Crippen LogP contribution < -0.4 is 9.80 Å². The minimum atomic E-state index is 0. The molecule has 0 aromatic carbocycles. The molecule has 0 amide bonds. The van der Waals surface area contributed by atoms with E-state index < -0.39 is 0 Å². The van der Waals surface area contributed by atoms with Gasteiger partial charge in [-0.25, -0.2) is 19.9 Å². The highest BCUT2D eigenvalue weighted by molar-refractivity contribution is 5.85. The van der Waals surface area contributed by atoms with E-state index in [1.807, 2.05) is 36.9 Å². The zero-order valence-corrected chi connectivity index (χ0v) is 17.8. The van der Waals surface area contributed by atoms with Crippen molar-refractivity contribution in [2.75, 3.05) is 75.2 Å². The lowest BCUT2D eigenvalue weighted by atomic mass is 10.2. The fourth-order valence-electron chi connectivity index (χ4n) is 3.92. The summed E-state index contributed by atoms with van der Waals surface area (Å²) >= 11 is 0. The molecule has 0 aliphatic carbocycles. The Labute approximate surface area is 179 Å². The van der Waals surface area contributed by atoms with Gasteiger partial charge in [0, 0.05) is 77.1 Å². The highest BCUT2D eigenvalue weighted by atomic mass is 35.5. The quantitative estimate of drug-likeness (QED) is 0.625. The molecule has 0 N–H and O–H groups in total. The Balaban J connectivity index is 0.00000240. The lowest BCUT2D eigenvalue weighted by Gasteiger charge is -2.35. The van der Waals surface area contributed by atoms with E-state index >= 15 is 0 Å². The second-order valence-electron chi connectivity index (χ2n) is 7.46. The highest BCUT2D eigenvalue weighted by Crippen LogP contribution is 2.12. The number of halogens is 1. The Morgan fingerprint density at radius 3 is 1.24 bits per heavy atom. The van der Waals surface area contributed by atoms with Crippen molar-refractivity contribution in [3.05, 3.63) is 36.9 Å². The predicted molar refractivity (Wildman–Crippen MR) is 118 cm³/mol. The first-order valence-electron chi connectivity index (χ1n) is 10.4. The van der Waals surface area contributed by atoms with E-state index in [9.17, 15) is 0 Å². The van der Waals surface area contributed by atoms with E-state index in [4.69, 9.17) is 0 Å². The van der Waals surface area contributed by atoms with Crippen LogP contribution in [0, 0.1) is 0 Å². The zero-order chi connectivity index (χ0) is 19.0. The fraction of sp³-hybridized carbons (Fsp3) is 0.600. The number of anilines is 2. The first-order chi connectivity index (χ1) is 13.9. The first-order valence-corrected chi connectivity index (χ1v) is 10.4. The SMILES string of the molecule is Cl.c1cnc(N2CCN(CCCCN3CCN(c4ncccn4)CC3)CC2)nc1. The van der Waals surface area contributed by atoms with Gasteiger partial charge in [0.1, 0.15) is 0 Å². The van der Waals surface area contributed by atoms with E-state index in [2.05, 4.69) is 39.5 Å². The fourth-order valence-corrected chi connectivity index (χ4v) is 3.92. The maximum Gasteiger partial charge on any atom is 0.225 e. The van der Waals surface area contributed by atoms with Gasteiger partial charge in [0.05, 0.1) is 0 Å². The smallest absolute Gasteiger partial charge is 0.225 e.